The highest BCUT2D eigenvalue weighted by Crippen LogP contribution is 2.22. The number of carbonyl (C=O) groups excluding carboxylic acids is 1. The third-order valence-electron chi connectivity index (χ3n) is 3.22. The largest absolute Gasteiger partial charge is 0.494 e. The highest BCUT2D eigenvalue weighted by Gasteiger charge is 2.13. The molecule has 2 aromatic rings. The lowest BCUT2D eigenvalue weighted by Gasteiger charge is -2.13. The van der Waals surface area contributed by atoms with Gasteiger partial charge < -0.3 is 4.74 Å². The van der Waals surface area contributed by atoms with Crippen LogP contribution in [0.25, 0.3) is 11.3 Å². The van der Waals surface area contributed by atoms with Gasteiger partial charge in [-0.15, -0.1) is 0 Å². The SMILES string of the molecule is CCOc1ccc(-c2ccc(C#N)c(=O)n2CC(=O)NN)cc1. The number of pyridine rings is 1. The minimum Gasteiger partial charge on any atom is -0.494 e. The molecule has 1 aromatic heterocycles. The van der Waals surface area contributed by atoms with Crippen molar-refractivity contribution in [1.82, 2.24) is 9.99 Å². The molecule has 7 nitrogen and oxygen atoms in total. The Morgan fingerprint density at radius 1 is 1.30 bits per heavy atom. The van der Waals surface area contributed by atoms with Crippen molar-refractivity contribution in [3.63, 3.8) is 0 Å². The van der Waals surface area contributed by atoms with Gasteiger partial charge in [0.2, 0.25) is 0 Å². The highest BCUT2D eigenvalue weighted by molar-refractivity contribution is 5.76. The number of amides is 1. The second kappa shape index (κ2) is 7.24. The van der Waals surface area contributed by atoms with Crippen molar-refractivity contribution in [3.05, 3.63) is 52.3 Å². The number of aromatic nitrogens is 1. The van der Waals surface area contributed by atoms with E-state index in [-0.39, 0.29) is 12.1 Å². The molecule has 0 aliphatic heterocycles. The summed E-state index contributed by atoms with van der Waals surface area (Å²) in [5.41, 5.74) is 2.64. The number of ether oxygens (including phenoxy) is 1. The summed E-state index contributed by atoms with van der Waals surface area (Å²) >= 11 is 0. The minimum absolute atomic E-state index is 0.0375. The molecule has 0 atom stereocenters. The number of nitriles is 1. The van der Waals surface area contributed by atoms with Crippen molar-refractivity contribution in [1.29, 1.82) is 5.26 Å². The summed E-state index contributed by atoms with van der Waals surface area (Å²) < 4.78 is 6.60. The van der Waals surface area contributed by atoms with E-state index in [2.05, 4.69) is 0 Å². The summed E-state index contributed by atoms with van der Waals surface area (Å²) in [6.07, 6.45) is 0. The smallest absolute Gasteiger partial charge is 0.269 e. The van der Waals surface area contributed by atoms with E-state index >= 15 is 0 Å². The number of nitrogens with one attached hydrogen (secondary N) is 1. The molecule has 0 spiro atoms. The monoisotopic (exact) mass is 312 g/mol. The molecule has 1 aromatic carbocycles. The van der Waals surface area contributed by atoms with Crippen molar-refractivity contribution >= 4 is 5.91 Å². The molecule has 2 rings (SSSR count). The zero-order valence-corrected chi connectivity index (χ0v) is 12.6. The number of nitrogens with two attached hydrogens (primary N) is 1. The molecule has 0 saturated carbocycles. The first-order valence-electron chi connectivity index (χ1n) is 6.97. The van der Waals surface area contributed by atoms with E-state index < -0.39 is 11.5 Å². The molecule has 1 amide bonds. The van der Waals surface area contributed by atoms with Crippen LogP contribution in [0.3, 0.4) is 0 Å². The molecule has 7 heteroatoms. The van der Waals surface area contributed by atoms with Crippen LogP contribution in [0.4, 0.5) is 0 Å². The molecule has 0 aliphatic rings. The molecule has 0 radical (unpaired) electrons. The van der Waals surface area contributed by atoms with Crippen molar-refractivity contribution in [2.24, 2.45) is 5.84 Å². The molecule has 0 aliphatic carbocycles. The van der Waals surface area contributed by atoms with Crippen LogP contribution in [0.15, 0.2) is 41.2 Å². The Balaban J connectivity index is 2.52. The maximum absolute atomic E-state index is 12.3. The maximum atomic E-state index is 12.3. The van der Waals surface area contributed by atoms with Crippen LogP contribution < -0.4 is 21.6 Å². The fraction of sp³-hybridized carbons (Fsp3) is 0.188. The summed E-state index contributed by atoms with van der Waals surface area (Å²) in [4.78, 5) is 23.9. The van der Waals surface area contributed by atoms with Gasteiger partial charge in [0.05, 0.1) is 12.3 Å². The van der Waals surface area contributed by atoms with Crippen LogP contribution in [-0.4, -0.2) is 17.1 Å². The summed E-state index contributed by atoms with van der Waals surface area (Å²) in [6.45, 7) is 2.17. The molecule has 0 unspecified atom stereocenters. The molecule has 0 fully saturated rings. The van der Waals surface area contributed by atoms with Crippen molar-refractivity contribution < 1.29 is 9.53 Å². The van der Waals surface area contributed by atoms with Gasteiger partial charge in [0.15, 0.2) is 0 Å². The summed E-state index contributed by atoms with van der Waals surface area (Å²) in [6, 6.07) is 12.0. The third kappa shape index (κ3) is 3.56. The van der Waals surface area contributed by atoms with Crippen LogP contribution >= 0.6 is 0 Å². The van der Waals surface area contributed by atoms with Gasteiger partial charge in [-0.05, 0) is 48.9 Å². The van der Waals surface area contributed by atoms with Gasteiger partial charge in [-0.1, -0.05) is 0 Å². The Bertz CT molecular complexity index is 804. The van der Waals surface area contributed by atoms with E-state index in [0.717, 1.165) is 5.56 Å². The molecule has 3 N–H and O–H groups in total. The van der Waals surface area contributed by atoms with Crippen LogP contribution in [-0.2, 0) is 11.3 Å². The molecule has 0 bridgehead atoms. The first-order valence-corrected chi connectivity index (χ1v) is 6.97. The fourth-order valence-electron chi connectivity index (χ4n) is 2.15. The van der Waals surface area contributed by atoms with Crippen LogP contribution in [0.1, 0.15) is 12.5 Å². The Hall–Kier alpha value is -3.11. The number of carbonyl (C=O) groups is 1. The Morgan fingerprint density at radius 2 is 2.00 bits per heavy atom. The predicted octanol–water partition coefficient (Wildman–Crippen LogP) is 0.776. The molecule has 23 heavy (non-hydrogen) atoms. The maximum Gasteiger partial charge on any atom is 0.269 e. The van der Waals surface area contributed by atoms with Gasteiger partial charge >= 0.3 is 0 Å². The third-order valence-corrected chi connectivity index (χ3v) is 3.22. The first-order chi connectivity index (χ1) is 11.1. The summed E-state index contributed by atoms with van der Waals surface area (Å²) in [5, 5.41) is 8.99. The van der Waals surface area contributed by atoms with Gasteiger partial charge in [0.25, 0.3) is 11.5 Å². The average molecular weight is 312 g/mol. The van der Waals surface area contributed by atoms with E-state index in [1.807, 2.05) is 18.4 Å². The number of hydrazine groups is 1. The van der Waals surface area contributed by atoms with Crippen molar-refractivity contribution in [2.75, 3.05) is 6.61 Å². The van der Waals surface area contributed by atoms with Gasteiger partial charge in [0, 0.05) is 0 Å². The van der Waals surface area contributed by atoms with Gasteiger partial charge in [-0.2, -0.15) is 5.26 Å². The Labute approximate surface area is 132 Å². The number of rotatable bonds is 5. The molecular weight excluding hydrogens is 296 g/mol. The van der Waals surface area contributed by atoms with Crippen molar-refractivity contribution in [2.45, 2.75) is 13.5 Å². The van der Waals surface area contributed by atoms with Crippen molar-refractivity contribution in [3.8, 4) is 23.1 Å². The van der Waals surface area contributed by atoms with E-state index in [1.54, 1.807) is 30.3 Å². The summed E-state index contributed by atoms with van der Waals surface area (Å²) in [5.74, 6) is 5.26. The Morgan fingerprint density at radius 3 is 2.57 bits per heavy atom. The highest BCUT2D eigenvalue weighted by atomic mass is 16.5. The number of benzene rings is 1. The topological polar surface area (TPSA) is 110 Å². The fourth-order valence-corrected chi connectivity index (χ4v) is 2.15. The number of nitrogens with zero attached hydrogens (tertiary/aromatic N) is 2. The average Bonchev–Trinajstić information content (AvgIpc) is 2.57. The van der Waals surface area contributed by atoms with E-state index in [9.17, 15) is 9.59 Å². The number of hydrogen-bond donors (Lipinski definition) is 2. The number of hydrogen-bond acceptors (Lipinski definition) is 5. The van der Waals surface area contributed by atoms with E-state index in [4.69, 9.17) is 15.8 Å². The predicted molar refractivity (Wildman–Crippen MR) is 84.4 cm³/mol. The molecular formula is C16H16N4O3. The van der Waals surface area contributed by atoms with E-state index in [0.29, 0.717) is 18.1 Å². The lowest BCUT2D eigenvalue weighted by Crippen LogP contribution is -2.37. The molecule has 118 valence electrons. The lowest BCUT2D eigenvalue weighted by molar-refractivity contribution is -0.121. The molecule has 0 saturated heterocycles. The lowest BCUT2D eigenvalue weighted by atomic mass is 10.1. The standard InChI is InChI=1S/C16H16N4O3/c1-2-23-13-6-3-11(4-7-13)14-8-5-12(9-17)16(22)20(14)10-15(21)19-18/h3-8H,2,10,18H2,1H3,(H,19,21). The van der Waals surface area contributed by atoms with E-state index in [1.165, 1.54) is 10.6 Å². The quantitative estimate of drug-likeness (QED) is 0.481. The summed E-state index contributed by atoms with van der Waals surface area (Å²) in [7, 11) is 0. The van der Waals surface area contributed by atoms with Gasteiger partial charge in [0.1, 0.15) is 23.9 Å². The van der Waals surface area contributed by atoms with Gasteiger partial charge in [-0.25, -0.2) is 5.84 Å². The van der Waals surface area contributed by atoms with Crippen LogP contribution in [0.2, 0.25) is 0 Å². The van der Waals surface area contributed by atoms with Crippen LogP contribution in [0, 0.1) is 11.3 Å². The zero-order valence-electron chi connectivity index (χ0n) is 12.6. The minimum atomic E-state index is -0.539. The zero-order chi connectivity index (χ0) is 16.8. The van der Waals surface area contributed by atoms with Gasteiger partial charge in [-0.3, -0.25) is 19.6 Å². The normalized spacial score (nSPS) is 9.96. The van der Waals surface area contributed by atoms with Crippen LogP contribution in [0.5, 0.6) is 5.75 Å². The molecule has 1 heterocycles. The second-order valence-electron chi connectivity index (χ2n) is 4.66. The second-order valence-corrected chi connectivity index (χ2v) is 4.66. The first kappa shape index (κ1) is 16.3. The Kier molecular flexibility index (Phi) is 5.12.